The normalized spacial score (nSPS) is 11.1. The van der Waals surface area contributed by atoms with Crippen LogP contribution in [0.2, 0.25) is 6.55 Å². The number of pyridine rings is 1. The summed E-state index contributed by atoms with van der Waals surface area (Å²) in [5.74, 6) is 0.340. The van der Waals surface area contributed by atoms with Gasteiger partial charge in [0.05, 0.1) is 11.5 Å². The quantitative estimate of drug-likeness (QED) is 0.517. The molecule has 0 aliphatic carbocycles. The first-order valence-electron chi connectivity index (χ1n) is 4.71. The summed E-state index contributed by atoms with van der Waals surface area (Å²) >= 11 is 0. The van der Waals surface area contributed by atoms with Gasteiger partial charge in [-0.05, 0) is 6.07 Å². The van der Waals surface area contributed by atoms with Crippen molar-refractivity contribution in [3.8, 4) is 5.82 Å². The van der Waals surface area contributed by atoms with E-state index in [4.69, 9.17) is 0 Å². The number of aromatic nitrogens is 3. The fourth-order valence-corrected chi connectivity index (χ4v) is 1.71. The number of alkyl halides is 3. The molecule has 8 heteroatoms. The second-order valence-electron chi connectivity index (χ2n) is 3.20. The van der Waals surface area contributed by atoms with E-state index < -0.39 is 11.9 Å². The maximum absolute atomic E-state index is 12.3. The Kier molecular flexibility index (Phi) is 4.83. The summed E-state index contributed by atoms with van der Waals surface area (Å²) in [4.78, 5) is 4.17. The summed E-state index contributed by atoms with van der Waals surface area (Å²) in [5.41, 5.74) is -0.969. The molecular weight excluding hydrogens is 439 g/mol. The molecule has 3 radical (unpaired) electrons. The molecule has 2 heterocycles. The maximum atomic E-state index is 12.3. The first-order valence-corrected chi connectivity index (χ1v) is 6.21. The van der Waals surface area contributed by atoms with E-state index in [1.807, 2.05) is 12.6 Å². The fraction of sp³-hybridized carbons (Fsp3) is 0.200. The standard InChI is InChI=1S/C10H7F3N3Si.Ir/c1-17-9-4-2-3-8(14-9)16-6-5-7(15-16)10(11,12)13;/h2-5H,1H3;/q-1;. The molecule has 0 saturated heterocycles. The first kappa shape index (κ1) is 15.1. The molecule has 18 heavy (non-hydrogen) atoms. The van der Waals surface area contributed by atoms with Crippen molar-refractivity contribution < 1.29 is 33.3 Å². The monoisotopic (exact) mass is 447 g/mol. The molecule has 2 rings (SSSR count). The van der Waals surface area contributed by atoms with Gasteiger partial charge in [-0.1, -0.05) is 24.9 Å². The molecule has 0 amide bonds. The summed E-state index contributed by atoms with van der Waals surface area (Å²) in [7, 11) is 0.479. The Labute approximate surface area is 118 Å². The van der Waals surface area contributed by atoms with Gasteiger partial charge in [-0.3, -0.25) is 5.10 Å². The van der Waals surface area contributed by atoms with E-state index in [2.05, 4.69) is 16.3 Å². The summed E-state index contributed by atoms with van der Waals surface area (Å²) in [5, 5.41) is 4.22. The minimum atomic E-state index is -4.45. The van der Waals surface area contributed by atoms with Gasteiger partial charge in [0.2, 0.25) is 0 Å². The zero-order valence-electron chi connectivity index (χ0n) is 9.12. The summed E-state index contributed by atoms with van der Waals surface area (Å²) in [6.45, 7) is 1.94. The van der Waals surface area contributed by atoms with Crippen LogP contribution in [0.5, 0.6) is 0 Å². The molecule has 0 atom stereocenters. The second kappa shape index (κ2) is 5.77. The van der Waals surface area contributed by atoms with Crippen LogP contribution in [0, 0.1) is 6.20 Å². The van der Waals surface area contributed by atoms with Crippen molar-refractivity contribution in [3.63, 3.8) is 0 Å². The van der Waals surface area contributed by atoms with Gasteiger partial charge in [0.15, 0.2) is 0 Å². The Morgan fingerprint density at radius 3 is 2.61 bits per heavy atom. The van der Waals surface area contributed by atoms with Gasteiger partial charge in [-0.25, -0.2) is 0 Å². The fourth-order valence-electron chi connectivity index (χ4n) is 1.22. The van der Waals surface area contributed by atoms with Crippen LogP contribution in [0.4, 0.5) is 13.2 Å². The molecule has 0 aliphatic rings. The Hall–Kier alpha value is -0.984. The minimum absolute atomic E-state index is 0. The van der Waals surface area contributed by atoms with Crippen LogP contribution in [0.1, 0.15) is 5.69 Å². The summed E-state index contributed by atoms with van der Waals surface area (Å²) < 4.78 is 38.0. The van der Waals surface area contributed by atoms with Crippen LogP contribution in [0.15, 0.2) is 24.3 Å². The molecule has 0 bridgehead atoms. The minimum Gasteiger partial charge on any atom is -0.343 e. The van der Waals surface area contributed by atoms with Crippen molar-refractivity contribution in [2.75, 3.05) is 0 Å². The van der Waals surface area contributed by atoms with Gasteiger partial charge >= 0.3 is 6.18 Å². The molecule has 2 aromatic heterocycles. The van der Waals surface area contributed by atoms with Crippen molar-refractivity contribution in [3.05, 3.63) is 36.2 Å². The molecule has 0 fully saturated rings. The summed E-state index contributed by atoms with van der Waals surface area (Å²) in [6.07, 6.45) is -2.05. The molecule has 0 N–H and O–H groups in total. The molecule has 3 nitrogen and oxygen atoms in total. The van der Waals surface area contributed by atoms with Crippen LogP contribution in [-0.4, -0.2) is 24.3 Å². The molecule has 2 aromatic rings. The number of halogens is 3. The topological polar surface area (TPSA) is 30.7 Å². The van der Waals surface area contributed by atoms with Gasteiger partial charge in [-0.15, -0.1) is 6.07 Å². The van der Waals surface area contributed by atoms with Crippen LogP contribution < -0.4 is 5.32 Å². The van der Waals surface area contributed by atoms with E-state index >= 15 is 0 Å². The van der Waals surface area contributed by atoms with Gasteiger partial charge in [0, 0.05) is 25.4 Å². The van der Waals surface area contributed by atoms with E-state index in [9.17, 15) is 13.2 Å². The van der Waals surface area contributed by atoms with Crippen molar-refractivity contribution in [2.24, 2.45) is 0 Å². The molecule has 97 valence electrons. The number of hydrogen-bond acceptors (Lipinski definition) is 2. The predicted molar refractivity (Wildman–Crippen MR) is 56.4 cm³/mol. The Bertz CT molecular complexity index is 527. The number of hydrogen-bond donors (Lipinski definition) is 0. The van der Waals surface area contributed by atoms with E-state index in [0.29, 0.717) is 15.3 Å². The third-order valence-electron chi connectivity index (χ3n) is 2.03. The third-order valence-corrected chi connectivity index (χ3v) is 2.82. The number of nitrogens with zero attached hydrogens (tertiary/aromatic N) is 3. The van der Waals surface area contributed by atoms with Crippen LogP contribution >= 0.6 is 0 Å². The predicted octanol–water partition coefficient (Wildman–Crippen LogP) is 1.46. The van der Waals surface area contributed by atoms with E-state index in [-0.39, 0.29) is 20.1 Å². The molecular formula is C10H7F3IrN3Si-. The van der Waals surface area contributed by atoms with E-state index in [0.717, 1.165) is 16.1 Å². The Morgan fingerprint density at radius 2 is 2.06 bits per heavy atom. The van der Waals surface area contributed by atoms with Crippen LogP contribution in [-0.2, 0) is 26.3 Å². The van der Waals surface area contributed by atoms with Crippen molar-refractivity contribution in [2.45, 2.75) is 12.7 Å². The van der Waals surface area contributed by atoms with Crippen molar-refractivity contribution in [1.29, 1.82) is 0 Å². The van der Waals surface area contributed by atoms with Crippen LogP contribution in [0.3, 0.4) is 0 Å². The molecule has 0 unspecified atom stereocenters. The van der Waals surface area contributed by atoms with E-state index in [1.54, 1.807) is 12.1 Å². The molecule has 0 aliphatic heterocycles. The SMILES string of the molecule is C[Si]c1cccc(-n2[c-]cc(C(F)(F)F)n2)n1.[Ir]. The third kappa shape index (κ3) is 3.27. The molecule has 0 saturated carbocycles. The number of rotatable bonds is 2. The smallest absolute Gasteiger partial charge is 0.343 e. The largest absolute Gasteiger partial charge is 0.388 e. The maximum Gasteiger partial charge on any atom is 0.388 e. The van der Waals surface area contributed by atoms with Gasteiger partial charge < -0.3 is 9.67 Å². The van der Waals surface area contributed by atoms with Crippen molar-refractivity contribution >= 4 is 14.8 Å². The van der Waals surface area contributed by atoms with Crippen molar-refractivity contribution in [1.82, 2.24) is 14.8 Å². The van der Waals surface area contributed by atoms with E-state index in [1.165, 1.54) is 0 Å². The average Bonchev–Trinajstić information content (AvgIpc) is 2.78. The van der Waals surface area contributed by atoms with Crippen LogP contribution in [0.25, 0.3) is 5.82 Å². The Morgan fingerprint density at radius 1 is 1.33 bits per heavy atom. The zero-order chi connectivity index (χ0) is 12.5. The molecule has 0 aromatic carbocycles. The zero-order valence-corrected chi connectivity index (χ0v) is 12.5. The average molecular weight is 446 g/mol. The summed E-state index contributed by atoms with van der Waals surface area (Å²) in [6, 6.07) is 5.95. The van der Waals surface area contributed by atoms with Gasteiger partial charge in [0.25, 0.3) is 0 Å². The molecule has 0 spiro atoms. The first-order chi connectivity index (χ1) is 8.00. The van der Waals surface area contributed by atoms with Gasteiger partial charge in [0.1, 0.15) is 9.52 Å². The van der Waals surface area contributed by atoms with Gasteiger partial charge in [-0.2, -0.15) is 13.2 Å². The second-order valence-corrected chi connectivity index (χ2v) is 4.21. The Balaban J connectivity index is 0.00000162.